The molecule has 204 valence electrons. The Hall–Kier alpha value is -3.14. The second kappa shape index (κ2) is 13.1. The number of rotatable bonds is 13. The highest BCUT2D eigenvalue weighted by molar-refractivity contribution is 7.89. The van der Waals surface area contributed by atoms with Crippen molar-refractivity contribution in [2.24, 2.45) is 0 Å². The molecule has 1 aromatic heterocycles. The van der Waals surface area contributed by atoms with Crippen molar-refractivity contribution in [3.8, 4) is 11.5 Å². The molecule has 0 saturated heterocycles. The first kappa shape index (κ1) is 29.4. The molecule has 0 bridgehead atoms. The highest BCUT2D eigenvalue weighted by atomic mass is 32.2. The smallest absolute Gasteiger partial charge is 0.244 e. The summed E-state index contributed by atoms with van der Waals surface area (Å²) in [5.74, 6) is 0.981. The van der Waals surface area contributed by atoms with Crippen LogP contribution < -0.4 is 9.47 Å². The van der Waals surface area contributed by atoms with Gasteiger partial charge in [0.2, 0.25) is 15.9 Å². The fourth-order valence-electron chi connectivity index (χ4n) is 4.53. The maximum absolute atomic E-state index is 13.7. The molecule has 3 aromatic rings. The fraction of sp³-hybridized carbons (Fsp3) is 0.345. The van der Waals surface area contributed by atoms with Gasteiger partial charge in [0, 0.05) is 18.0 Å². The molecule has 9 heteroatoms. The van der Waals surface area contributed by atoms with Crippen LogP contribution in [0.15, 0.2) is 65.4 Å². The van der Waals surface area contributed by atoms with Gasteiger partial charge in [0.1, 0.15) is 0 Å². The van der Waals surface area contributed by atoms with Crippen LogP contribution in [0.5, 0.6) is 11.5 Å². The minimum Gasteiger partial charge on any atom is -0.493 e. The van der Waals surface area contributed by atoms with Crippen molar-refractivity contribution in [3.63, 3.8) is 0 Å². The molecule has 0 unspecified atom stereocenters. The van der Waals surface area contributed by atoms with Gasteiger partial charge in [0.15, 0.2) is 11.5 Å². The molecule has 2 aromatic carbocycles. The Balaban J connectivity index is 1.87. The van der Waals surface area contributed by atoms with Crippen LogP contribution in [0.3, 0.4) is 0 Å². The Bertz CT molecular complexity index is 1340. The average molecular weight is 557 g/mol. The number of nitrogens with zero attached hydrogens (tertiary/aromatic N) is 2. The van der Waals surface area contributed by atoms with E-state index in [2.05, 4.69) is 6.58 Å². The number of ether oxygens (including phenoxy) is 2. The van der Waals surface area contributed by atoms with E-state index in [1.165, 1.54) is 10.4 Å². The van der Waals surface area contributed by atoms with E-state index in [1.54, 1.807) is 44.3 Å². The van der Waals surface area contributed by atoms with Gasteiger partial charge < -0.3 is 14.4 Å². The molecule has 0 aliphatic heterocycles. The molecule has 38 heavy (non-hydrogen) atoms. The summed E-state index contributed by atoms with van der Waals surface area (Å²) in [7, 11) is -0.760. The Morgan fingerprint density at radius 2 is 1.71 bits per heavy atom. The van der Waals surface area contributed by atoms with Crippen LogP contribution in [0.4, 0.5) is 0 Å². The first-order chi connectivity index (χ1) is 18.1. The summed E-state index contributed by atoms with van der Waals surface area (Å²) in [6, 6.07) is 13.3. The van der Waals surface area contributed by atoms with Gasteiger partial charge in [-0.15, -0.1) is 17.9 Å². The summed E-state index contributed by atoms with van der Waals surface area (Å²) in [5.41, 5.74) is 3.29. The molecule has 0 aliphatic rings. The number of amides is 1. The van der Waals surface area contributed by atoms with Gasteiger partial charge in [0.05, 0.1) is 32.2 Å². The summed E-state index contributed by atoms with van der Waals surface area (Å²) in [6.07, 6.45) is 2.08. The Morgan fingerprint density at radius 3 is 2.29 bits per heavy atom. The van der Waals surface area contributed by atoms with Crippen LogP contribution in [0, 0.1) is 20.8 Å². The first-order valence-electron chi connectivity index (χ1n) is 12.3. The number of benzene rings is 2. The van der Waals surface area contributed by atoms with Crippen LogP contribution in [0.25, 0.3) is 0 Å². The summed E-state index contributed by atoms with van der Waals surface area (Å²) in [6.45, 7) is 9.80. The van der Waals surface area contributed by atoms with Crippen molar-refractivity contribution < 1.29 is 22.7 Å². The lowest BCUT2D eigenvalue weighted by Crippen LogP contribution is -2.43. The highest BCUT2D eigenvalue weighted by Gasteiger charge is 2.30. The van der Waals surface area contributed by atoms with E-state index >= 15 is 0 Å². The minimum atomic E-state index is -3.93. The second-order valence-corrected chi connectivity index (χ2v) is 12.1. The standard InChI is InChI=1S/C29H36N2O5S2/c1-7-13-31(38(33,34)29-22(3)16-21(2)17-23(29)4)20-28(32)30(19-25-9-8-15-37-25)14-12-24-10-11-26(35-5)27(18-24)36-6/h7-11,15-18H,1,12-14,19-20H2,2-6H3. The van der Waals surface area contributed by atoms with Crippen LogP contribution in [-0.2, 0) is 27.8 Å². The number of carbonyl (C=O) groups excluding carboxylic acids is 1. The van der Waals surface area contributed by atoms with Crippen LogP contribution >= 0.6 is 11.3 Å². The number of aryl methyl sites for hydroxylation is 3. The van der Waals surface area contributed by atoms with E-state index < -0.39 is 10.0 Å². The molecule has 1 heterocycles. The van der Waals surface area contributed by atoms with Gasteiger partial charge in [-0.2, -0.15) is 4.31 Å². The number of hydrogen-bond acceptors (Lipinski definition) is 6. The number of thiophene rings is 1. The maximum atomic E-state index is 13.7. The third-order valence-corrected chi connectivity index (χ3v) is 9.22. The molecule has 0 atom stereocenters. The van der Waals surface area contributed by atoms with Crippen molar-refractivity contribution >= 4 is 27.3 Å². The molecular weight excluding hydrogens is 520 g/mol. The predicted octanol–water partition coefficient (Wildman–Crippen LogP) is 5.14. The molecule has 0 radical (unpaired) electrons. The topological polar surface area (TPSA) is 76.2 Å². The van der Waals surface area contributed by atoms with Gasteiger partial charge in [-0.1, -0.05) is 35.9 Å². The van der Waals surface area contributed by atoms with Crippen molar-refractivity contribution in [2.45, 2.75) is 38.6 Å². The minimum absolute atomic E-state index is 0.0311. The average Bonchev–Trinajstić information content (AvgIpc) is 3.38. The van der Waals surface area contributed by atoms with E-state index in [-0.39, 0.29) is 23.9 Å². The van der Waals surface area contributed by atoms with E-state index in [9.17, 15) is 13.2 Å². The molecule has 7 nitrogen and oxygen atoms in total. The monoisotopic (exact) mass is 556 g/mol. The summed E-state index contributed by atoms with van der Waals surface area (Å²) >= 11 is 1.56. The number of hydrogen-bond donors (Lipinski definition) is 0. The highest BCUT2D eigenvalue weighted by Crippen LogP contribution is 2.28. The zero-order chi connectivity index (χ0) is 27.9. The first-order valence-corrected chi connectivity index (χ1v) is 14.6. The number of sulfonamides is 1. The molecule has 1 amide bonds. The molecule has 0 spiro atoms. The van der Waals surface area contributed by atoms with Crippen LogP contribution in [0.2, 0.25) is 0 Å². The largest absolute Gasteiger partial charge is 0.493 e. The Labute approximate surface area is 230 Å². The zero-order valence-electron chi connectivity index (χ0n) is 22.7. The maximum Gasteiger partial charge on any atom is 0.244 e. The van der Waals surface area contributed by atoms with Gasteiger partial charge >= 0.3 is 0 Å². The second-order valence-electron chi connectivity index (χ2n) is 9.15. The van der Waals surface area contributed by atoms with Gasteiger partial charge in [0.25, 0.3) is 0 Å². The third-order valence-electron chi connectivity index (χ3n) is 6.24. The third kappa shape index (κ3) is 7.03. The molecular formula is C29H36N2O5S2. The zero-order valence-corrected chi connectivity index (χ0v) is 24.3. The molecule has 0 aliphatic carbocycles. The van der Waals surface area contributed by atoms with E-state index in [4.69, 9.17) is 9.47 Å². The number of carbonyl (C=O) groups is 1. The van der Waals surface area contributed by atoms with Gasteiger partial charge in [-0.25, -0.2) is 8.42 Å². The van der Waals surface area contributed by atoms with Gasteiger partial charge in [-0.05, 0) is 67.5 Å². The number of methoxy groups -OCH3 is 2. The van der Waals surface area contributed by atoms with E-state index in [1.807, 2.05) is 54.8 Å². The van der Waals surface area contributed by atoms with Gasteiger partial charge in [-0.3, -0.25) is 4.79 Å². The van der Waals surface area contributed by atoms with Crippen molar-refractivity contribution in [1.82, 2.24) is 9.21 Å². The lowest BCUT2D eigenvalue weighted by Gasteiger charge is -2.27. The fourth-order valence-corrected chi connectivity index (χ4v) is 7.02. The molecule has 3 rings (SSSR count). The Kier molecular flexibility index (Phi) is 10.1. The quantitative estimate of drug-likeness (QED) is 0.273. The summed E-state index contributed by atoms with van der Waals surface area (Å²) in [4.78, 5) is 16.6. The van der Waals surface area contributed by atoms with Crippen molar-refractivity contribution in [1.29, 1.82) is 0 Å². The molecule has 0 fully saturated rings. The SMILES string of the molecule is C=CCN(CC(=O)N(CCc1ccc(OC)c(OC)c1)Cc1cccs1)S(=O)(=O)c1c(C)cc(C)cc1C. The molecule has 0 N–H and O–H groups in total. The molecule has 0 saturated carbocycles. The normalized spacial score (nSPS) is 11.4. The lowest BCUT2D eigenvalue weighted by atomic mass is 10.1. The van der Waals surface area contributed by atoms with Crippen LogP contribution in [0.1, 0.15) is 27.1 Å². The van der Waals surface area contributed by atoms with Crippen molar-refractivity contribution in [3.05, 3.63) is 87.6 Å². The van der Waals surface area contributed by atoms with E-state index in [0.29, 0.717) is 42.1 Å². The van der Waals surface area contributed by atoms with Crippen molar-refractivity contribution in [2.75, 3.05) is 33.9 Å². The summed E-state index contributed by atoms with van der Waals surface area (Å²) < 4.78 is 39.4. The van der Waals surface area contributed by atoms with E-state index in [0.717, 1.165) is 16.0 Å². The summed E-state index contributed by atoms with van der Waals surface area (Å²) in [5, 5.41) is 1.96. The van der Waals surface area contributed by atoms with Crippen LogP contribution in [-0.4, -0.2) is 57.4 Å². The predicted molar refractivity (Wildman–Crippen MR) is 153 cm³/mol. The Morgan fingerprint density at radius 1 is 1.03 bits per heavy atom. The lowest BCUT2D eigenvalue weighted by molar-refractivity contribution is -0.131.